The summed E-state index contributed by atoms with van der Waals surface area (Å²) in [6.45, 7) is 3.68. The molecular weight excluding hydrogens is 244 g/mol. The zero-order valence-corrected chi connectivity index (χ0v) is 13.4. The second kappa shape index (κ2) is 7.26. The van der Waals surface area contributed by atoms with Crippen LogP contribution < -0.4 is 10.6 Å². The van der Waals surface area contributed by atoms with Gasteiger partial charge < -0.3 is 10.6 Å². The lowest BCUT2D eigenvalue weighted by Gasteiger charge is -2.42. The van der Waals surface area contributed by atoms with E-state index in [1.807, 2.05) is 0 Å². The molecule has 1 saturated heterocycles. The molecule has 0 aromatic heterocycles. The molecule has 2 heteroatoms. The van der Waals surface area contributed by atoms with Gasteiger partial charge in [0.05, 0.1) is 0 Å². The fraction of sp³-hybridized carbons (Fsp3) is 1.00. The zero-order chi connectivity index (χ0) is 13.8. The zero-order valence-electron chi connectivity index (χ0n) is 13.4. The molecule has 1 aliphatic heterocycles. The van der Waals surface area contributed by atoms with Crippen LogP contribution in [0.5, 0.6) is 0 Å². The van der Waals surface area contributed by atoms with Gasteiger partial charge in [-0.25, -0.2) is 0 Å². The van der Waals surface area contributed by atoms with E-state index in [9.17, 15) is 0 Å². The molecule has 2 aliphatic carbocycles. The van der Waals surface area contributed by atoms with Gasteiger partial charge in [-0.05, 0) is 69.7 Å². The van der Waals surface area contributed by atoms with E-state index in [2.05, 4.69) is 17.6 Å². The minimum absolute atomic E-state index is 0.803. The Labute approximate surface area is 125 Å². The molecule has 0 aromatic rings. The summed E-state index contributed by atoms with van der Waals surface area (Å²) < 4.78 is 0. The van der Waals surface area contributed by atoms with E-state index in [4.69, 9.17) is 0 Å². The summed E-state index contributed by atoms with van der Waals surface area (Å²) in [5.41, 5.74) is 0. The highest BCUT2D eigenvalue weighted by Crippen LogP contribution is 2.32. The smallest absolute Gasteiger partial charge is 0.0113 e. The highest BCUT2D eigenvalue weighted by atomic mass is 15.0. The lowest BCUT2D eigenvalue weighted by Crippen LogP contribution is -2.53. The molecule has 3 unspecified atom stereocenters. The Bertz CT molecular complexity index is 277. The van der Waals surface area contributed by atoms with Crippen LogP contribution in [-0.2, 0) is 0 Å². The predicted octanol–water partition coefficient (Wildman–Crippen LogP) is 3.86. The van der Waals surface area contributed by atoms with Crippen LogP contribution in [0.1, 0.15) is 77.6 Å². The van der Waals surface area contributed by atoms with Gasteiger partial charge in [0.1, 0.15) is 0 Å². The minimum atomic E-state index is 0.803. The summed E-state index contributed by atoms with van der Waals surface area (Å²) >= 11 is 0. The van der Waals surface area contributed by atoms with Gasteiger partial charge in [0.25, 0.3) is 0 Å². The summed E-state index contributed by atoms with van der Waals surface area (Å²) in [5, 5.41) is 7.91. The van der Waals surface area contributed by atoms with Gasteiger partial charge in [0, 0.05) is 18.1 Å². The van der Waals surface area contributed by atoms with Gasteiger partial charge in [-0.2, -0.15) is 0 Å². The van der Waals surface area contributed by atoms with E-state index in [1.54, 1.807) is 0 Å². The monoisotopic (exact) mass is 278 g/mol. The molecule has 2 saturated carbocycles. The van der Waals surface area contributed by atoms with Crippen molar-refractivity contribution in [1.82, 2.24) is 10.6 Å². The van der Waals surface area contributed by atoms with Crippen LogP contribution in [0, 0.1) is 11.8 Å². The molecule has 3 atom stereocenters. The molecule has 0 amide bonds. The Balaban J connectivity index is 1.54. The first-order valence-electron chi connectivity index (χ1n) is 9.32. The summed E-state index contributed by atoms with van der Waals surface area (Å²) in [7, 11) is 0. The quantitative estimate of drug-likeness (QED) is 0.819. The van der Waals surface area contributed by atoms with E-state index in [0.717, 1.165) is 30.0 Å². The second-order valence-corrected chi connectivity index (χ2v) is 7.73. The van der Waals surface area contributed by atoms with Crippen LogP contribution in [0.2, 0.25) is 0 Å². The Morgan fingerprint density at radius 3 is 2.30 bits per heavy atom. The summed E-state index contributed by atoms with van der Waals surface area (Å²) in [6.07, 6.45) is 15.8. The molecule has 1 heterocycles. The molecule has 2 N–H and O–H groups in total. The number of piperidine rings is 1. The molecule has 3 aliphatic rings. The van der Waals surface area contributed by atoms with Gasteiger partial charge >= 0.3 is 0 Å². The molecular formula is C18H34N2. The van der Waals surface area contributed by atoms with Crippen molar-refractivity contribution in [2.75, 3.05) is 6.54 Å². The molecule has 116 valence electrons. The van der Waals surface area contributed by atoms with Crippen molar-refractivity contribution < 1.29 is 0 Å². The molecule has 3 fully saturated rings. The van der Waals surface area contributed by atoms with Crippen LogP contribution in [0.3, 0.4) is 0 Å². The first-order chi connectivity index (χ1) is 9.83. The van der Waals surface area contributed by atoms with Crippen molar-refractivity contribution in [3.05, 3.63) is 0 Å². The van der Waals surface area contributed by atoms with Gasteiger partial charge in [-0.3, -0.25) is 0 Å². The maximum Gasteiger partial charge on any atom is 0.0113 e. The van der Waals surface area contributed by atoms with Crippen LogP contribution >= 0.6 is 0 Å². The molecule has 0 bridgehead atoms. The van der Waals surface area contributed by atoms with E-state index < -0.39 is 0 Å². The van der Waals surface area contributed by atoms with Gasteiger partial charge in [-0.15, -0.1) is 0 Å². The van der Waals surface area contributed by atoms with Gasteiger partial charge in [0.2, 0.25) is 0 Å². The van der Waals surface area contributed by atoms with Crippen LogP contribution in [0.4, 0.5) is 0 Å². The van der Waals surface area contributed by atoms with Gasteiger partial charge in [0.15, 0.2) is 0 Å². The van der Waals surface area contributed by atoms with E-state index in [-0.39, 0.29) is 0 Å². The fourth-order valence-corrected chi connectivity index (χ4v) is 4.82. The minimum Gasteiger partial charge on any atom is -0.314 e. The summed E-state index contributed by atoms with van der Waals surface area (Å²) in [6, 6.07) is 2.43. The highest BCUT2D eigenvalue weighted by Gasteiger charge is 2.33. The third-order valence-corrected chi connectivity index (χ3v) is 6.15. The van der Waals surface area contributed by atoms with Crippen molar-refractivity contribution in [3.8, 4) is 0 Å². The molecule has 0 aromatic carbocycles. The average molecular weight is 278 g/mol. The number of nitrogens with one attached hydrogen (secondary N) is 2. The van der Waals surface area contributed by atoms with Gasteiger partial charge in [-0.1, -0.05) is 26.2 Å². The normalized spacial score (nSPS) is 43.4. The number of rotatable bonds is 3. The topological polar surface area (TPSA) is 24.1 Å². The largest absolute Gasteiger partial charge is 0.314 e. The Kier molecular flexibility index (Phi) is 5.39. The van der Waals surface area contributed by atoms with Crippen molar-refractivity contribution in [1.29, 1.82) is 0 Å². The molecule has 2 nitrogen and oxygen atoms in total. The Morgan fingerprint density at radius 1 is 0.800 bits per heavy atom. The molecule has 0 radical (unpaired) electrons. The van der Waals surface area contributed by atoms with Crippen LogP contribution in [-0.4, -0.2) is 24.7 Å². The third-order valence-electron chi connectivity index (χ3n) is 6.15. The lowest BCUT2D eigenvalue weighted by molar-refractivity contribution is 0.158. The van der Waals surface area contributed by atoms with E-state index >= 15 is 0 Å². The molecule has 3 rings (SSSR count). The van der Waals surface area contributed by atoms with E-state index in [1.165, 1.54) is 77.2 Å². The first-order valence-corrected chi connectivity index (χ1v) is 9.32. The van der Waals surface area contributed by atoms with Crippen molar-refractivity contribution in [2.45, 2.75) is 95.7 Å². The van der Waals surface area contributed by atoms with Crippen LogP contribution in [0.25, 0.3) is 0 Å². The fourth-order valence-electron chi connectivity index (χ4n) is 4.82. The third kappa shape index (κ3) is 3.76. The maximum absolute atomic E-state index is 4.09. The summed E-state index contributed by atoms with van der Waals surface area (Å²) in [4.78, 5) is 0. The Morgan fingerprint density at radius 2 is 1.55 bits per heavy atom. The van der Waals surface area contributed by atoms with Crippen molar-refractivity contribution >= 4 is 0 Å². The SMILES string of the molecule is CC1CCC(NC2CCCCC2C2CCCCN2)CC1. The number of hydrogen-bond acceptors (Lipinski definition) is 2. The number of hydrogen-bond donors (Lipinski definition) is 2. The lowest BCUT2D eigenvalue weighted by atomic mass is 9.76. The first kappa shape index (κ1) is 14.8. The average Bonchev–Trinajstić information content (AvgIpc) is 2.51. The summed E-state index contributed by atoms with van der Waals surface area (Å²) in [5.74, 6) is 1.87. The van der Waals surface area contributed by atoms with Crippen molar-refractivity contribution in [2.24, 2.45) is 11.8 Å². The van der Waals surface area contributed by atoms with Crippen LogP contribution in [0.15, 0.2) is 0 Å². The molecule has 20 heavy (non-hydrogen) atoms. The second-order valence-electron chi connectivity index (χ2n) is 7.73. The maximum atomic E-state index is 4.09. The standard InChI is InChI=1S/C18H34N2/c1-14-9-11-15(12-10-14)20-18-8-3-2-6-16(18)17-7-4-5-13-19-17/h14-20H,2-13H2,1H3. The van der Waals surface area contributed by atoms with E-state index in [0.29, 0.717) is 0 Å². The highest BCUT2D eigenvalue weighted by molar-refractivity contribution is 4.92. The predicted molar refractivity (Wildman–Crippen MR) is 85.9 cm³/mol. The molecule has 0 spiro atoms. The Hall–Kier alpha value is -0.0800. The van der Waals surface area contributed by atoms with Crippen molar-refractivity contribution in [3.63, 3.8) is 0 Å².